The van der Waals surface area contributed by atoms with Crippen LogP contribution in [-0.2, 0) is 4.74 Å². The van der Waals surface area contributed by atoms with Crippen molar-refractivity contribution < 1.29 is 14.1 Å². The number of nitrogens with one attached hydrogen (secondary N) is 1. The van der Waals surface area contributed by atoms with Crippen LogP contribution in [0.4, 0.5) is 0 Å². The summed E-state index contributed by atoms with van der Waals surface area (Å²) in [7, 11) is 0. The van der Waals surface area contributed by atoms with Gasteiger partial charge in [-0.1, -0.05) is 16.8 Å². The molecule has 1 aromatic rings. The van der Waals surface area contributed by atoms with Crippen LogP contribution >= 0.6 is 0 Å². The van der Waals surface area contributed by atoms with Gasteiger partial charge in [-0.2, -0.15) is 0 Å². The first-order chi connectivity index (χ1) is 12.9. The van der Waals surface area contributed by atoms with Crippen LogP contribution in [-0.4, -0.2) is 53.8 Å². The summed E-state index contributed by atoms with van der Waals surface area (Å²) in [5.41, 5.74) is 2.62. The number of amides is 1. The van der Waals surface area contributed by atoms with Gasteiger partial charge in [0.2, 0.25) is 0 Å². The number of hydrogen-bond acceptors (Lipinski definition) is 5. The van der Waals surface area contributed by atoms with E-state index in [0.29, 0.717) is 41.5 Å². The van der Waals surface area contributed by atoms with Crippen molar-refractivity contribution in [2.75, 3.05) is 26.2 Å². The zero-order valence-electron chi connectivity index (χ0n) is 16.9. The largest absolute Gasteiger partial charge is 0.370 e. The summed E-state index contributed by atoms with van der Waals surface area (Å²) >= 11 is 0. The minimum absolute atomic E-state index is 0.0219. The van der Waals surface area contributed by atoms with Crippen LogP contribution in [0.15, 0.2) is 16.2 Å². The molecule has 1 aromatic heterocycles. The molecule has 148 valence electrons. The topological polar surface area (TPSA) is 67.6 Å². The van der Waals surface area contributed by atoms with Gasteiger partial charge in [0.05, 0.1) is 17.4 Å². The Hall–Kier alpha value is -1.66. The van der Waals surface area contributed by atoms with Crippen molar-refractivity contribution in [1.82, 2.24) is 15.4 Å². The molecule has 4 heterocycles. The van der Waals surface area contributed by atoms with E-state index in [9.17, 15) is 4.79 Å². The molecule has 0 unspecified atom stereocenters. The number of aryl methyl sites for hydroxylation is 2. The lowest BCUT2D eigenvalue weighted by molar-refractivity contribution is 0.00290. The molecule has 0 saturated carbocycles. The molecule has 6 nitrogen and oxygen atoms in total. The second kappa shape index (κ2) is 7.06. The third-order valence-electron chi connectivity index (χ3n) is 6.61. The highest BCUT2D eigenvalue weighted by Gasteiger charge is 2.62. The van der Waals surface area contributed by atoms with Crippen molar-refractivity contribution in [3.63, 3.8) is 0 Å². The smallest absolute Gasteiger partial charge is 0.256 e. The average Bonchev–Trinajstić information content (AvgIpc) is 3.32. The standard InChI is InChI=1S/C21H31N3O3/c1-13(2)6-5-9-24-11-17-16(18-7-8-21(17,12-24)26-18)10-22-20(25)19-14(3)23-27-15(19)4/h6,16-18H,5,7-12H2,1-4H3,(H,22,25)/t16-,17+,18+,21+/m0/s1. The number of carbonyl (C=O) groups excluding carboxylic acids is 1. The van der Waals surface area contributed by atoms with Crippen LogP contribution < -0.4 is 5.32 Å². The number of rotatable bonds is 6. The van der Waals surface area contributed by atoms with E-state index in [4.69, 9.17) is 9.26 Å². The van der Waals surface area contributed by atoms with Crippen LogP contribution in [0, 0.1) is 25.7 Å². The molecule has 3 aliphatic heterocycles. The molecule has 3 aliphatic rings. The summed E-state index contributed by atoms with van der Waals surface area (Å²) in [4.78, 5) is 15.2. The molecule has 6 heteroatoms. The Morgan fingerprint density at radius 3 is 2.93 bits per heavy atom. The zero-order valence-corrected chi connectivity index (χ0v) is 16.9. The van der Waals surface area contributed by atoms with E-state index in [-0.39, 0.29) is 11.5 Å². The summed E-state index contributed by atoms with van der Waals surface area (Å²) in [5.74, 6) is 1.42. The quantitative estimate of drug-likeness (QED) is 0.777. The SMILES string of the molecule is CC(C)=CCCN1C[C@@H]2[C@H](CNC(=O)c3c(C)noc3C)[C@H]3CC[C@]2(C1)O3. The molecule has 0 aromatic carbocycles. The summed E-state index contributed by atoms with van der Waals surface area (Å²) in [6, 6.07) is 0. The summed E-state index contributed by atoms with van der Waals surface area (Å²) in [5, 5.41) is 7.02. The van der Waals surface area contributed by atoms with Crippen LogP contribution in [0.3, 0.4) is 0 Å². The number of allylic oxidation sites excluding steroid dienone is 1. The number of likely N-dealkylation sites (tertiary alicyclic amines) is 1. The Morgan fingerprint density at radius 1 is 1.41 bits per heavy atom. The molecule has 1 spiro atoms. The van der Waals surface area contributed by atoms with Gasteiger partial charge in [-0.3, -0.25) is 9.69 Å². The van der Waals surface area contributed by atoms with E-state index in [2.05, 4.69) is 35.3 Å². The van der Waals surface area contributed by atoms with E-state index in [0.717, 1.165) is 38.9 Å². The Labute approximate surface area is 161 Å². The maximum absolute atomic E-state index is 12.6. The molecule has 3 saturated heterocycles. The predicted octanol–water partition coefficient (Wildman–Crippen LogP) is 2.86. The summed E-state index contributed by atoms with van der Waals surface area (Å²) in [6.45, 7) is 11.8. The fraction of sp³-hybridized carbons (Fsp3) is 0.714. The Bertz CT molecular complexity index is 732. The third kappa shape index (κ3) is 3.34. The molecule has 1 N–H and O–H groups in total. The van der Waals surface area contributed by atoms with Gasteiger partial charge in [0.25, 0.3) is 5.91 Å². The maximum Gasteiger partial charge on any atom is 0.256 e. The lowest BCUT2D eigenvalue weighted by atomic mass is 9.73. The van der Waals surface area contributed by atoms with Crippen LogP contribution in [0.1, 0.15) is 54.9 Å². The molecule has 2 bridgehead atoms. The van der Waals surface area contributed by atoms with Crippen LogP contribution in [0.25, 0.3) is 0 Å². The number of nitrogens with zero attached hydrogens (tertiary/aromatic N) is 2. The minimum atomic E-state index is -0.0820. The normalized spacial score (nSPS) is 31.9. The lowest BCUT2D eigenvalue weighted by Gasteiger charge is -2.29. The van der Waals surface area contributed by atoms with E-state index in [1.54, 1.807) is 6.92 Å². The number of aromatic nitrogens is 1. The van der Waals surface area contributed by atoms with E-state index < -0.39 is 0 Å². The first-order valence-electron chi connectivity index (χ1n) is 10.1. The minimum Gasteiger partial charge on any atom is -0.370 e. The molecule has 0 aliphatic carbocycles. The second-order valence-corrected chi connectivity index (χ2v) is 8.74. The Balaban J connectivity index is 1.38. The summed E-state index contributed by atoms with van der Waals surface area (Å²) in [6.07, 6.45) is 5.98. The van der Waals surface area contributed by atoms with Gasteiger partial charge < -0.3 is 14.6 Å². The van der Waals surface area contributed by atoms with E-state index >= 15 is 0 Å². The first kappa shape index (κ1) is 18.7. The fourth-order valence-corrected chi connectivity index (χ4v) is 5.37. The van der Waals surface area contributed by atoms with Crippen molar-refractivity contribution >= 4 is 5.91 Å². The van der Waals surface area contributed by atoms with Crippen molar-refractivity contribution in [2.45, 2.75) is 58.7 Å². The molecular formula is C21H31N3O3. The van der Waals surface area contributed by atoms with Gasteiger partial charge in [-0.15, -0.1) is 0 Å². The molecular weight excluding hydrogens is 342 g/mol. The second-order valence-electron chi connectivity index (χ2n) is 8.74. The molecule has 4 atom stereocenters. The first-order valence-corrected chi connectivity index (χ1v) is 10.1. The highest BCUT2D eigenvalue weighted by Crippen LogP contribution is 2.54. The van der Waals surface area contributed by atoms with Crippen molar-refractivity contribution in [1.29, 1.82) is 0 Å². The van der Waals surface area contributed by atoms with Gasteiger partial charge in [-0.25, -0.2) is 0 Å². The Kier molecular flexibility index (Phi) is 4.89. The summed E-state index contributed by atoms with van der Waals surface area (Å²) < 4.78 is 11.6. The number of hydrogen-bond donors (Lipinski definition) is 1. The van der Waals surface area contributed by atoms with Gasteiger partial charge in [0.1, 0.15) is 11.3 Å². The molecule has 27 heavy (non-hydrogen) atoms. The van der Waals surface area contributed by atoms with Crippen LogP contribution in [0.2, 0.25) is 0 Å². The molecule has 1 amide bonds. The van der Waals surface area contributed by atoms with Gasteiger partial charge in [0, 0.05) is 38.0 Å². The van der Waals surface area contributed by atoms with Gasteiger partial charge in [0.15, 0.2) is 0 Å². The van der Waals surface area contributed by atoms with Crippen LogP contribution in [0.5, 0.6) is 0 Å². The predicted molar refractivity (Wildman–Crippen MR) is 103 cm³/mol. The third-order valence-corrected chi connectivity index (χ3v) is 6.61. The number of ether oxygens (including phenoxy) is 1. The highest BCUT2D eigenvalue weighted by atomic mass is 16.5. The molecule has 4 rings (SSSR count). The molecule has 0 radical (unpaired) electrons. The Morgan fingerprint density at radius 2 is 2.22 bits per heavy atom. The van der Waals surface area contributed by atoms with Crippen molar-refractivity contribution in [3.8, 4) is 0 Å². The number of carbonyl (C=O) groups is 1. The average molecular weight is 373 g/mol. The zero-order chi connectivity index (χ0) is 19.2. The van der Waals surface area contributed by atoms with E-state index in [1.807, 2.05) is 6.92 Å². The van der Waals surface area contributed by atoms with E-state index in [1.165, 1.54) is 5.57 Å². The van der Waals surface area contributed by atoms with Gasteiger partial charge in [-0.05, 0) is 47.0 Å². The monoisotopic (exact) mass is 373 g/mol. The molecule has 3 fully saturated rings. The van der Waals surface area contributed by atoms with Crippen molar-refractivity contribution in [2.24, 2.45) is 11.8 Å². The number of fused-ring (bicyclic) bond motifs is 1. The lowest BCUT2D eigenvalue weighted by Crippen LogP contribution is -2.42. The van der Waals surface area contributed by atoms with Crippen molar-refractivity contribution in [3.05, 3.63) is 28.7 Å². The van der Waals surface area contributed by atoms with Gasteiger partial charge >= 0.3 is 0 Å². The highest BCUT2D eigenvalue weighted by molar-refractivity contribution is 5.96. The fourth-order valence-electron chi connectivity index (χ4n) is 5.37. The maximum atomic E-state index is 12.6.